The number of carbonyl (C=O) groups is 1. The SMILES string of the molecule is CCCCSCCCNC(=O)[C@@H]1CCCN(Cc2nc(-c3ccc(CC)cc3)oc2C)C1. The smallest absolute Gasteiger partial charge is 0.226 e. The Morgan fingerprint density at radius 2 is 2.00 bits per heavy atom. The summed E-state index contributed by atoms with van der Waals surface area (Å²) in [7, 11) is 0. The van der Waals surface area contributed by atoms with Crippen LogP contribution >= 0.6 is 11.8 Å². The number of aromatic nitrogens is 1. The van der Waals surface area contributed by atoms with E-state index in [4.69, 9.17) is 9.40 Å². The Labute approximate surface area is 197 Å². The Bertz CT molecular complexity index is 834. The molecule has 1 atom stereocenters. The zero-order chi connectivity index (χ0) is 22.8. The van der Waals surface area contributed by atoms with E-state index in [-0.39, 0.29) is 11.8 Å². The van der Waals surface area contributed by atoms with Crippen molar-refractivity contribution < 1.29 is 9.21 Å². The van der Waals surface area contributed by atoms with Gasteiger partial charge in [-0.15, -0.1) is 0 Å². The maximum atomic E-state index is 12.7. The molecular weight excluding hydrogens is 418 g/mol. The number of piperidine rings is 1. The molecule has 1 saturated heterocycles. The van der Waals surface area contributed by atoms with Crippen molar-refractivity contribution in [1.29, 1.82) is 0 Å². The summed E-state index contributed by atoms with van der Waals surface area (Å²) in [6, 6.07) is 8.42. The van der Waals surface area contributed by atoms with Crippen LogP contribution in [0, 0.1) is 12.8 Å². The highest BCUT2D eigenvalue weighted by atomic mass is 32.2. The third-order valence-corrected chi connectivity index (χ3v) is 7.31. The standard InChI is InChI=1S/C26H39N3O2S/c1-4-6-16-32-17-8-14-27-25(30)23-9-7-15-29(18-23)19-24-20(3)31-26(28-24)22-12-10-21(5-2)11-13-22/h10-13,23H,4-9,14-19H2,1-3H3,(H,27,30)/t23-/m1/s1. The number of amides is 1. The molecule has 2 aromatic rings. The van der Waals surface area contributed by atoms with Crippen molar-refractivity contribution in [2.75, 3.05) is 31.1 Å². The van der Waals surface area contributed by atoms with Gasteiger partial charge in [0.2, 0.25) is 11.8 Å². The Balaban J connectivity index is 1.47. The lowest BCUT2D eigenvalue weighted by molar-refractivity contribution is -0.126. The van der Waals surface area contributed by atoms with Gasteiger partial charge in [0, 0.05) is 25.2 Å². The van der Waals surface area contributed by atoms with Gasteiger partial charge in [0.1, 0.15) is 5.76 Å². The van der Waals surface area contributed by atoms with Crippen molar-refractivity contribution in [3.63, 3.8) is 0 Å². The van der Waals surface area contributed by atoms with Crippen molar-refractivity contribution in [2.45, 2.75) is 65.8 Å². The van der Waals surface area contributed by atoms with E-state index in [0.29, 0.717) is 5.89 Å². The summed E-state index contributed by atoms with van der Waals surface area (Å²) in [6.07, 6.45) is 6.64. The predicted molar refractivity (Wildman–Crippen MR) is 134 cm³/mol. The fourth-order valence-corrected chi connectivity index (χ4v) is 5.13. The minimum Gasteiger partial charge on any atom is -0.441 e. The molecule has 176 valence electrons. The van der Waals surface area contributed by atoms with E-state index in [1.807, 2.05) is 18.7 Å². The number of benzene rings is 1. The predicted octanol–water partition coefficient (Wildman–Crippen LogP) is 5.46. The molecule has 32 heavy (non-hydrogen) atoms. The minimum atomic E-state index is 0.0739. The quantitative estimate of drug-likeness (QED) is 0.429. The van der Waals surface area contributed by atoms with Crippen LogP contribution in [-0.4, -0.2) is 46.9 Å². The molecular formula is C26H39N3O2S. The van der Waals surface area contributed by atoms with Crippen LogP contribution in [-0.2, 0) is 17.8 Å². The Morgan fingerprint density at radius 3 is 2.75 bits per heavy atom. The van der Waals surface area contributed by atoms with Gasteiger partial charge in [-0.05, 0) is 74.8 Å². The van der Waals surface area contributed by atoms with Gasteiger partial charge in [0.15, 0.2) is 0 Å². The molecule has 0 radical (unpaired) electrons. The zero-order valence-electron chi connectivity index (χ0n) is 20.0. The number of carbonyl (C=O) groups excluding carboxylic acids is 1. The summed E-state index contributed by atoms with van der Waals surface area (Å²) in [6.45, 7) is 9.69. The molecule has 1 aliphatic rings. The highest BCUT2D eigenvalue weighted by molar-refractivity contribution is 7.99. The second kappa shape index (κ2) is 13.0. The first-order valence-corrected chi connectivity index (χ1v) is 13.4. The largest absolute Gasteiger partial charge is 0.441 e. The Morgan fingerprint density at radius 1 is 1.22 bits per heavy atom. The normalized spacial score (nSPS) is 16.9. The number of nitrogens with zero attached hydrogens (tertiary/aromatic N) is 2. The van der Waals surface area contributed by atoms with E-state index < -0.39 is 0 Å². The maximum Gasteiger partial charge on any atom is 0.226 e. The van der Waals surface area contributed by atoms with Crippen molar-refractivity contribution in [2.24, 2.45) is 5.92 Å². The topological polar surface area (TPSA) is 58.4 Å². The summed E-state index contributed by atoms with van der Waals surface area (Å²) >= 11 is 1.99. The zero-order valence-corrected chi connectivity index (χ0v) is 20.8. The van der Waals surface area contributed by atoms with E-state index in [9.17, 15) is 4.79 Å². The van der Waals surface area contributed by atoms with E-state index in [1.165, 1.54) is 24.2 Å². The summed E-state index contributed by atoms with van der Waals surface area (Å²) < 4.78 is 5.97. The Kier molecular flexibility index (Phi) is 10.1. The van der Waals surface area contributed by atoms with Gasteiger partial charge in [-0.3, -0.25) is 9.69 Å². The van der Waals surface area contributed by atoms with Gasteiger partial charge < -0.3 is 9.73 Å². The first-order valence-electron chi connectivity index (χ1n) is 12.2. The highest BCUT2D eigenvalue weighted by Crippen LogP contribution is 2.25. The van der Waals surface area contributed by atoms with Crippen molar-refractivity contribution in [3.05, 3.63) is 41.3 Å². The van der Waals surface area contributed by atoms with Crippen molar-refractivity contribution in [3.8, 4) is 11.5 Å². The Hall–Kier alpha value is -1.79. The molecule has 6 heteroatoms. The lowest BCUT2D eigenvalue weighted by Crippen LogP contribution is -2.43. The fourth-order valence-electron chi connectivity index (χ4n) is 4.08. The van der Waals surface area contributed by atoms with Crippen LogP contribution in [0.15, 0.2) is 28.7 Å². The van der Waals surface area contributed by atoms with Gasteiger partial charge in [0.05, 0.1) is 11.6 Å². The molecule has 1 aromatic heterocycles. The van der Waals surface area contributed by atoms with Crippen LogP contribution in [0.2, 0.25) is 0 Å². The van der Waals surface area contributed by atoms with Gasteiger partial charge >= 0.3 is 0 Å². The molecule has 1 amide bonds. The lowest BCUT2D eigenvalue weighted by Gasteiger charge is -2.31. The van der Waals surface area contributed by atoms with Crippen molar-refractivity contribution in [1.82, 2.24) is 15.2 Å². The van der Waals surface area contributed by atoms with E-state index in [0.717, 1.165) is 74.6 Å². The molecule has 0 aliphatic carbocycles. The molecule has 0 unspecified atom stereocenters. The molecule has 0 saturated carbocycles. The molecule has 5 nitrogen and oxygen atoms in total. The number of oxazole rings is 1. The number of nitrogens with one attached hydrogen (secondary N) is 1. The van der Waals surface area contributed by atoms with Crippen LogP contribution in [0.1, 0.15) is 63.0 Å². The second-order valence-corrected chi connectivity index (χ2v) is 9.98. The minimum absolute atomic E-state index is 0.0739. The fraction of sp³-hybridized carbons (Fsp3) is 0.615. The number of aryl methyl sites for hydroxylation is 2. The van der Waals surface area contributed by atoms with E-state index in [2.05, 4.69) is 48.3 Å². The molecule has 3 rings (SSSR count). The number of unbranched alkanes of at least 4 members (excludes halogenated alkanes) is 1. The number of likely N-dealkylation sites (tertiary alicyclic amines) is 1. The average Bonchev–Trinajstić information content (AvgIpc) is 3.18. The number of hydrogen-bond donors (Lipinski definition) is 1. The number of thioether (sulfide) groups is 1. The molecule has 1 aromatic carbocycles. The van der Waals surface area contributed by atoms with Gasteiger partial charge in [-0.1, -0.05) is 32.4 Å². The molecule has 2 heterocycles. The summed E-state index contributed by atoms with van der Waals surface area (Å²) in [5.74, 6) is 4.20. The van der Waals surface area contributed by atoms with Crippen molar-refractivity contribution >= 4 is 17.7 Å². The monoisotopic (exact) mass is 457 g/mol. The summed E-state index contributed by atoms with van der Waals surface area (Å²) in [5, 5.41) is 3.16. The van der Waals surface area contributed by atoms with Gasteiger partial charge in [0.25, 0.3) is 0 Å². The number of rotatable bonds is 12. The summed E-state index contributed by atoms with van der Waals surface area (Å²) in [5.41, 5.74) is 3.30. The van der Waals surface area contributed by atoms with Crippen LogP contribution in [0.3, 0.4) is 0 Å². The highest BCUT2D eigenvalue weighted by Gasteiger charge is 2.26. The van der Waals surface area contributed by atoms with Crippen LogP contribution < -0.4 is 5.32 Å². The van der Waals surface area contributed by atoms with E-state index >= 15 is 0 Å². The van der Waals surface area contributed by atoms with Gasteiger partial charge in [-0.2, -0.15) is 11.8 Å². The molecule has 1 fully saturated rings. The molecule has 1 N–H and O–H groups in total. The van der Waals surface area contributed by atoms with Crippen LogP contribution in [0.4, 0.5) is 0 Å². The van der Waals surface area contributed by atoms with E-state index in [1.54, 1.807) is 0 Å². The summed E-state index contributed by atoms with van der Waals surface area (Å²) in [4.78, 5) is 19.8. The first-order chi connectivity index (χ1) is 15.6. The molecule has 0 bridgehead atoms. The maximum absolute atomic E-state index is 12.7. The number of hydrogen-bond acceptors (Lipinski definition) is 5. The first kappa shape index (κ1) is 24.8. The lowest BCUT2D eigenvalue weighted by atomic mass is 9.97. The second-order valence-electron chi connectivity index (χ2n) is 8.76. The average molecular weight is 458 g/mol. The third kappa shape index (κ3) is 7.38. The molecule has 1 aliphatic heterocycles. The van der Waals surface area contributed by atoms with Crippen LogP contribution in [0.25, 0.3) is 11.5 Å². The third-order valence-electron chi connectivity index (χ3n) is 6.16. The van der Waals surface area contributed by atoms with Crippen LogP contribution in [0.5, 0.6) is 0 Å². The molecule has 0 spiro atoms. The van der Waals surface area contributed by atoms with Gasteiger partial charge in [-0.25, -0.2) is 4.98 Å².